The van der Waals surface area contributed by atoms with Gasteiger partial charge in [0.25, 0.3) is 0 Å². The first-order valence-electron chi connectivity index (χ1n) is 6.32. The van der Waals surface area contributed by atoms with Crippen LogP contribution in [-0.4, -0.2) is 32.6 Å². The Morgan fingerprint density at radius 2 is 2.00 bits per heavy atom. The molecule has 5 nitrogen and oxygen atoms in total. The molecule has 7 heteroatoms. The summed E-state index contributed by atoms with van der Waals surface area (Å²) in [5.74, 6) is -0.155. The third kappa shape index (κ3) is 5.38. The number of nitrogens with one attached hydrogen (secondary N) is 1. The minimum Gasteiger partial charge on any atom is -0.462 e. The summed E-state index contributed by atoms with van der Waals surface area (Å²) in [6.07, 6.45) is 1.10. The lowest BCUT2D eigenvalue weighted by atomic mass is 10.2. The molecule has 0 heterocycles. The number of carbonyl (C=O) groups excluding carboxylic acids is 1. The first-order chi connectivity index (χ1) is 9.50. The van der Waals surface area contributed by atoms with Crippen molar-refractivity contribution in [3.05, 3.63) is 29.8 Å². The first kappa shape index (κ1) is 16.8. The Bertz CT molecular complexity index is 545. The number of halogens is 1. The number of benzene rings is 1. The van der Waals surface area contributed by atoms with Crippen molar-refractivity contribution in [1.29, 1.82) is 0 Å². The van der Waals surface area contributed by atoms with Crippen LogP contribution < -0.4 is 4.72 Å². The van der Waals surface area contributed by atoms with Crippen LogP contribution in [0, 0.1) is 0 Å². The van der Waals surface area contributed by atoms with Gasteiger partial charge in [-0.1, -0.05) is 12.1 Å². The SMILES string of the molecule is CCOC(=O)c1ccccc1NS(=O)(=O)CCCCCl. The van der Waals surface area contributed by atoms with E-state index in [9.17, 15) is 13.2 Å². The molecule has 1 N–H and O–H groups in total. The Kier molecular flexibility index (Phi) is 6.81. The van der Waals surface area contributed by atoms with Gasteiger partial charge in [-0.3, -0.25) is 4.72 Å². The number of para-hydroxylation sites is 1. The quantitative estimate of drug-likeness (QED) is 0.454. The predicted molar refractivity (Wildman–Crippen MR) is 79.8 cm³/mol. The van der Waals surface area contributed by atoms with Crippen molar-refractivity contribution in [3.63, 3.8) is 0 Å². The maximum atomic E-state index is 11.9. The lowest BCUT2D eigenvalue weighted by molar-refractivity contribution is 0.0527. The van der Waals surface area contributed by atoms with Crippen molar-refractivity contribution >= 4 is 33.3 Å². The molecule has 0 aromatic heterocycles. The van der Waals surface area contributed by atoms with E-state index in [0.717, 1.165) is 0 Å². The molecular weight excluding hydrogens is 302 g/mol. The second-order valence-electron chi connectivity index (χ2n) is 4.08. The van der Waals surface area contributed by atoms with E-state index in [0.29, 0.717) is 18.7 Å². The lowest BCUT2D eigenvalue weighted by Crippen LogP contribution is -2.19. The van der Waals surface area contributed by atoms with Crippen LogP contribution in [0.15, 0.2) is 24.3 Å². The third-order valence-corrected chi connectivity index (χ3v) is 4.11. The zero-order chi connectivity index (χ0) is 15.0. The van der Waals surface area contributed by atoms with E-state index in [4.69, 9.17) is 16.3 Å². The normalized spacial score (nSPS) is 11.1. The maximum absolute atomic E-state index is 11.9. The number of sulfonamides is 1. The fourth-order valence-corrected chi connectivity index (χ4v) is 2.95. The van der Waals surface area contributed by atoms with Gasteiger partial charge in [-0.05, 0) is 31.9 Å². The molecule has 1 aromatic rings. The van der Waals surface area contributed by atoms with Crippen LogP contribution in [0.25, 0.3) is 0 Å². The molecule has 0 bridgehead atoms. The van der Waals surface area contributed by atoms with Crippen molar-refractivity contribution in [2.75, 3.05) is 23.0 Å². The zero-order valence-corrected chi connectivity index (χ0v) is 12.8. The molecule has 20 heavy (non-hydrogen) atoms. The number of hydrogen-bond acceptors (Lipinski definition) is 4. The van der Waals surface area contributed by atoms with Gasteiger partial charge in [0.05, 0.1) is 23.6 Å². The van der Waals surface area contributed by atoms with E-state index in [1.807, 2.05) is 0 Å². The smallest absolute Gasteiger partial charge is 0.340 e. The fourth-order valence-electron chi connectivity index (χ4n) is 1.56. The van der Waals surface area contributed by atoms with E-state index in [1.54, 1.807) is 19.1 Å². The predicted octanol–water partition coefficient (Wildman–Crippen LogP) is 2.62. The third-order valence-electron chi connectivity index (χ3n) is 2.48. The molecule has 0 atom stereocenters. The van der Waals surface area contributed by atoms with Gasteiger partial charge in [-0.15, -0.1) is 11.6 Å². The molecule has 0 radical (unpaired) electrons. The van der Waals surface area contributed by atoms with Gasteiger partial charge in [-0.2, -0.15) is 0 Å². The average molecular weight is 320 g/mol. The number of unbranched alkanes of at least 4 members (excludes halogenated alkanes) is 1. The van der Waals surface area contributed by atoms with Crippen LogP contribution in [0.1, 0.15) is 30.1 Å². The highest BCUT2D eigenvalue weighted by Crippen LogP contribution is 2.18. The largest absolute Gasteiger partial charge is 0.462 e. The topological polar surface area (TPSA) is 72.5 Å². The minimum absolute atomic E-state index is 0.0309. The molecule has 0 aliphatic heterocycles. The lowest BCUT2D eigenvalue weighted by Gasteiger charge is -2.11. The molecule has 112 valence electrons. The monoisotopic (exact) mass is 319 g/mol. The van der Waals surface area contributed by atoms with Crippen LogP contribution in [0.3, 0.4) is 0 Å². The Morgan fingerprint density at radius 3 is 2.65 bits per heavy atom. The molecular formula is C13H18ClNO4S. The van der Waals surface area contributed by atoms with Gasteiger partial charge < -0.3 is 4.74 Å². The molecule has 0 saturated carbocycles. The van der Waals surface area contributed by atoms with Crippen molar-refractivity contribution in [1.82, 2.24) is 0 Å². The van der Waals surface area contributed by atoms with E-state index in [2.05, 4.69) is 4.72 Å². The van der Waals surface area contributed by atoms with Crippen molar-refractivity contribution in [3.8, 4) is 0 Å². The van der Waals surface area contributed by atoms with Gasteiger partial charge in [0.2, 0.25) is 10.0 Å². The average Bonchev–Trinajstić information content (AvgIpc) is 2.39. The number of carbonyl (C=O) groups is 1. The summed E-state index contributed by atoms with van der Waals surface area (Å²) in [6.45, 7) is 1.92. The van der Waals surface area contributed by atoms with Gasteiger partial charge in [0.15, 0.2) is 0 Å². The second-order valence-corrected chi connectivity index (χ2v) is 6.30. The standard InChI is InChI=1S/C13H18ClNO4S/c1-2-19-13(16)11-7-3-4-8-12(11)15-20(17,18)10-6-5-9-14/h3-4,7-8,15H,2,5-6,9-10H2,1H3. The van der Waals surface area contributed by atoms with Crippen molar-refractivity contribution in [2.24, 2.45) is 0 Å². The van der Waals surface area contributed by atoms with E-state index >= 15 is 0 Å². The van der Waals surface area contributed by atoms with Crippen LogP contribution in [-0.2, 0) is 14.8 Å². The summed E-state index contributed by atoms with van der Waals surface area (Å²) in [5.41, 5.74) is 0.437. The van der Waals surface area contributed by atoms with E-state index in [-0.39, 0.29) is 23.6 Å². The van der Waals surface area contributed by atoms with Crippen LogP contribution in [0.2, 0.25) is 0 Å². The minimum atomic E-state index is -3.49. The maximum Gasteiger partial charge on any atom is 0.340 e. The van der Waals surface area contributed by atoms with Gasteiger partial charge >= 0.3 is 5.97 Å². The second kappa shape index (κ2) is 8.11. The van der Waals surface area contributed by atoms with E-state index < -0.39 is 16.0 Å². The van der Waals surface area contributed by atoms with Crippen molar-refractivity contribution in [2.45, 2.75) is 19.8 Å². The van der Waals surface area contributed by atoms with Gasteiger partial charge in [0, 0.05) is 5.88 Å². The Balaban J connectivity index is 2.84. The summed E-state index contributed by atoms with van der Waals surface area (Å²) in [5, 5.41) is 0. The number of alkyl halides is 1. The number of hydrogen-bond donors (Lipinski definition) is 1. The van der Waals surface area contributed by atoms with Crippen LogP contribution >= 0.6 is 11.6 Å². The summed E-state index contributed by atoms with van der Waals surface area (Å²) in [4.78, 5) is 11.7. The summed E-state index contributed by atoms with van der Waals surface area (Å²) in [7, 11) is -3.49. The molecule has 0 aliphatic carbocycles. The number of anilines is 1. The molecule has 1 rings (SSSR count). The highest BCUT2D eigenvalue weighted by Gasteiger charge is 2.16. The van der Waals surface area contributed by atoms with Gasteiger partial charge in [-0.25, -0.2) is 13.2 Å². The Hall–Kier alpha value is -1.27. The molecule has 1 aromatic carbocycles. The highest BCUT2D eigenvalue weighted by molar-refractivity contribution is 7.92. The number of ether oxygens (including phenoxy) is 1. The highest BCUT2D eigenvalue weighted by atomic mass is 35.5. The zero-order valence-electron chi connectivity index (χ0n) is 11.3. The van der Waals surface area contributed by atoms with Crippen LogP contribution in [0.5, 0.6) is 0 Å². The number of esters is 1. The summed E-state index contributed by atoms with van der Waals surface area (Å²) < 4.78 is 31.1. The molecule has 0 amide bonds. The molecule has 0 saturated heterocycles. The summed E-state index contributed by atoms with van der Waals surface area (Å²) in [6, 6.07) is 6.36. The Morgan fingerprint density at radius 1 is 1.30 bits per heavy atom. The van der Waals surface area contributed by atoms with E-state index in [1.165, 1.54) is 12.1 Å². The molecule has 0 aliphatic rings. The molecule has 0 unspecified atom stereocenters. The fraction of sp³-hybridized carbons (Fsp3) is 0.462. The van der Waals surface area contributed by atoms with Crippen LogP contribution in [0.4, 0.5) is 5.69 Å². The summed E-state index contributed by atoms with van der Waals surface area (Å²) >= 11 is 5.52. The molecule has 0 fully saturated rings. The van der Waals surface area contributed by atoms with Crippen molar-refractivity contribution < 1.29 is 17.9 Å². The number of rotatable bonds is 8. The first-order valence-corrected chi connectivity index (χ1v) is 8.51. The molecule has 0 spiro atoms. The Labute approximate surface area is 124 Å². The van der Waals surface area contributed by atoms with Gasteiger partial charge in [0.1, 0.15) is 0 Å².